The van der Waals surface area contributed by atoms with E-state index in [1.165, 1.54) is 0 Å². The van der Waals surface area contributed by atoms with Crippen molar-refractivity contribution in [1.82, 2.24) is 4.98 Å². The predicted molar refractivity (Wildman–Crippen MR) is 49.1 cm³/mol. The van der Waals surface area contributed by atoms with E-state index in [1.807, 2.05) is 19.1 Å². The van der Waals surface area contributed by atoms with E-state index in [4.69, 9.17) is 5.39 Å². The molecule has 0 saturated carbocycles. The van der Waals surface area contributed by atoms with Gasteiger partial charge in [0.1, 0.15) is 0 Å². The van der Waals surface area contributed by atoms with Crippen molar-refractivity contribution in [2.75, 3.05) is 0 Å². The Hall–Kier alpha value is -1.47. The Morgan fingerprint density at radius 1 is 1.50 bits per heavy atom. The number of rotatable bonds is 0. The number of diazo groups is 1. The van der Waals surface area contributed by atoms with Crippen LogP contribution in [0.4, 0.5) is 5.69 Å². The van der Waals surface area contributed by atoms with Gasteiger partial charge in [0.15, 0.2) is 4.98 Å². The molecule has 1 heterocycles. The van der Waals surface area contributed by atoms with Crippen LogP contribution in [0.3, 0.4) is 0 Å². The van der Waals surface area contributed by atoms with Gasteiger partial charge in [-0.2, -0.15) is 0 Å². The number of aryl methyl sites for hydroxylation is 1. The van der Waals surface area contributed by atoms with E-state index in [2.05, 4.69) is 9.96 Å². The molecule has 0 amide bonds. The van der Waals surface area contributed by atoms with Gasteiger partial charge in [0.05, 0.1) is 21.3 Å². The van der Waals surface area contributed by atoms with Crippen LogP contribution in [-0.2, 0) is 0 Å². The van der Waals surface area contributed by atoms with E-state index in [1.54, 1.807) is 17.4 Å². The number of fused-ring (bicyclic) bond motifs is 1. The summed E-state index contributed by atoms with van der Waals surface area (Å²) in [6, 6.07) is 5.41. The van der Waals surface area contributed by atoms with Crippen LogP contribution in [0.2, 0.25) is 0 Å². The number of hydrogen-bond acceptors (Lipinski definition) is 3. The highest BCUT2D eigenvalue weighted by Gasteiger charge is 2.07. The summed E-state index contributed by atoms with van der Waals surface area (Å²) in [5.74, 6) is 0. The number of benzene rings is 1. The summed E-state index contributed by atoms with van der Waals surface area (Å²) in [6.45, 7) is 1.96. The molecule has 2 rings (SSSR count). The summed E-state index contributed by atoms with van der Waals surface area (Å²) < 4.78 is 1.06. The lowest BCUT2D eigenvalue weighted by atomic mass is 10.3. The lowest BCUT2D eigenvalue weighted by Gasteiger charge is -1.79. The second-order valence-electron chi connectivity index (χ2n) is 2.48. The number of thiazole rings is 1. The zero-order valence-corrected chi connectivity index (χ0v) is 7.30. The van der Waals surface area contributed by atoms with E-state index in [-0.39, 0.29) is 0 Å². The minimum Gasteiger partial charge on any atom is -0.242 e. The Labute approximate surface area is 73.3 Å². The molecule has 0 saturated heterocycles. The van der Waals surface area contributed by atoms with Crippen LogP contribution in [0.25, 0.3) is 15.2 Å². The van der Waals surface area contributed by atoms with E-state index >= 15 is 0 Å². The van der Waals surface area contributed by atoms with Crippen LogP contribution in [0, 0.1) is 12.3 Å². The molecule has 0 fully saturated rings. The maximum Gasteiger partial charge on any atom is 0.386 e. The highest BCUT2D eigenvalue weighted by molar-refractivity contribution is 7.18. The average Bonchev–Trinajstić information content (AvgIpc) is 2.43. The quantitative estimate of drug-likeness (QED) is 0.579. The van der Waals surface area contributed by atoms with Crippen LogP contribution in [0.15, 0.2) is 18.2 Å². The van der Waals surface area contributed by atoms with Gasteiger partial charge in [-0.3, -0.25) is 0 Å². The minimum atomic E-state index is 0.575. The van der Waals surface area contributed by atoms with Crippen LogP contribution >= 0.6 is 11.3 Å². The molecular formula is C8H6N3S+. The predicted octanol–water partition coefficient (Wildman–Crippen LogP) is 3.09. The molecule has 0 bridgehead atoms. The van der Waals surface area contributed by atoms with Gasteiger partial charge < -0.3 is 0 Å². The van der Waals surface area contributed by atoms with E-state index < -0.39 is 0 Å². The Kier molecular flexibility index (Phi) is 1.52. The average molecular weight is 176 g/mol. The summed E-state index contributed by atoms with van der Waals surface area (Å²) in [5, 5.41) is 9.54. The van der Waals surface area contributed by atoms with Crippen LogP contribution in [-0.4, -0.2) is 4.98 Å². The normalized spacial score (nSPS) is 10.0. The first-order chi connectivity index (χ1) is 5.79. The van der Waals surface area contributed by atoms with Gasteiger partial charge in [-0.05, 0) is 13.0 Å². The van der Waals surface area contributed by atoms with Crippen LogP contribution in [0.5, 0.6) is 0 Å². The van der Waals surface area contributed by atoms with Crippen molar-refractivity contribution in [3.8, 4) is 0 Å². The highest BCUT2D eigenvalue weighted by Crippen LogP contribution is 2.25. The summed E-state index contributed by atoms with van der Waals surface area (Å²) >= 11 is 1.60. The molecule has 12 heavy (non-hydrogen) atoms. The smallest absolute Gasteiger partial charge is 0.242 e. The van der Waals surface area contributed by atoms with E-state index in [0.717, 1.165) is 15.2 Å². The molecule has 3 nitrogen and oxygen atoms in total. The number of nitrogens with zero attached hydrogens (tertiary/aromatic N) is 3. The summed E-state index contributed by atoms with van der Waals surface area (Å²) in [6.07, 6.45) is 0. The van der Waals surface area contributed by atoms with E-state index in [0.29, 0.717) is 5.69 Å². The second-order valence-corrected chi connectivity index (χ2v) is 3.72. The standard InChI is InChI=1S/C8H6N3S/c1-5-10-7-3-2-6(11-9)4-8(7)12-5/h2-4H,1H3/q+1. The topological polar surface area (TPSA) is 41.0 Å². The molecule has 0 aliphatic heterocycles. The molecule has 0 unspecified atom stereocenters. The van der Waals surface area contributed by atoms with Gasteiger partial charge >= 0.3 is 5.69 Å². The molecule has 1 aromatic heterocycles. The molecule has 0 atom stereocenters. The van der Waals surface area contributed by atoms with Gasteiger partial charge in [-0.1, -0.05) is 0 Å². The fourth-order valence-electron chi connectivity index (χ4n) is 1.09. The van der Waals surface area contributed by atoms with Gasteiger partial charge in [-0.15, -0.1) is 11.3 Å². The highest BCUT2D eigenvalue weighted by atomic mass is 32.1. The van der Waals surface area contributed by atoms with Gasteiger partial charge in [0.25, 0.3) is 0 Å². The summed E-state index contributed by atoms with van der Waals surface area (Å²) in [4.78, 5) is 7.39. The van der Waals surface area contributed by atoms with Crippen molar-refractivity contribution in [2.24, 2.45) is 0 Å². The van der Waals surface area contributed by atoms with Crippen molar-refractivity contribution >= 4 is 27.2 Å². The van der Waals surface area contributed by atoms with Crippen molar-refractivity contribution in [3.05, 3.63) is 28.2 Å². The fourth-order valence-corrected chi connectivity index (χ4v) is 1.95. The van der Waals surface area contributed by atoms with Crippen molar-refractivity contribution in [3.63, 3.8) is 0 Å². The monoisotopic (exact) mass is 176 g/mol. The zero-order chi connectivity index (χ0) is 8.55. The van der Waals surface area contributed by atoms with Gasteiger partial charge in [0.2, 0.25) is 5.39 Å². The lowest BCUT2D eigenvalue weighted by Crippen LogP contribution is -1.66. The third-order valence-electron chi connectivity index (χ3n) is 1.59. The maximum atomic E-state index is 8.51. The Morgan fingerprint density at radius 3 is 3.08 bits per heavy atom. The maximum absolute atomic E-state index is 8.51. The van der Waals surface area contributed by atoms with Crippen molar-refractivity contribution in [1.29, 1.82) is 5.39 Å². The first kappa shape index (κ1) is 7.19. The summed E-state index contributed by atoms with van der Waals surface area (Å²) in [5.41, 5.74) is 1.54. The Morgan fingerprint density at radius 2 is 2.33 bits per heavy atom. The van der Waals surface area contributed by atoms with Crippen molar-refractivity contribution in [2.45, 2.75) is 6.92 Å². The fraction of sp³-hybridized carbons (Fsp3) is 0.125. The van der Waals surface area contributed by atoms with Crippen LogP contribution < -0.4 is 0 Å². The molecule has 0 aliphatic carbocycles. The SMILES string of the molecule is Cc1nc2ccc([N+]#N)cc2s1. The van der Waals surface area contributed by atoms with Crippen molar-refractivity contribution < 1.29 is 0 Å². The minimum absolute atomic E-state index is 0.575. The van der Waals surface area contributed by atoms with Gasteiger partial charge in [0, 0.05) is 6.07 Å². The first-order valence-corrected chi connectivity index (χ1v) is 4.33. The van der Waals surface area contributed by atoms with Gasteiger partial charge in [-0.25, -0.2) is 4.98 Å². The summed E-state index contributed by atoms with van der Waals surface area (Å²) in [7, 11) is 0. The third kappa shape index (κ3) is 1.04. The molecular weight excluding hydrogens is 170 g/mol. The molecule has 1 aromatic carbocycles. The molecule has 0 aliphatic rings. The molecule has 58 valence electrons. The zero-order valence-electron chi connectivity index (χ0n) is 6.48. The first-order valence-electron chi connectivity index (χ1n) is 3.52. The third-order valence-corrected chi connectivity index (χ3v) is 2.53. The molecule has 4 heteroatoms. The Bertz CT molecular complexity index is 467. The molecule has 0 spiro atoms. The molecule has 0 N–H and O–H groups in total. The number of aromatic nitrogens is 1. The second kappa shape index (κ2) is 2.54. The van der Waals surface area contributed by atoms with E-state index in [9.17, 15) is 0 Å². The lowest BCUT2D eigenvalue weighted by molar-refractivity contribution is 1.35. The molecule has 0 radical (unpaired) electrons. The van der Waals surface area contributed by atoms with Crippen LogP contribution in [0.1, 0.15) is 5.01 Å². The largest absolute Gasteiger partial charge is 0.386 e. The Balaban J connectivity index is 2.77. The number of hydrogen-bond donors (Lipinski definition) is 0. The molecule has 2 aromatic rings.